The highest BCUT2D eigenvalue weighted by Crippen LogP contribution is 2.30. The van der Waals surface area contributed by atoms with Crippen molar-refractivity contribution in [3.05, 3.63) is 53.9 Å². The van der Waals surface area contributed by atoms with Crippen LogP contribution in [-0.4, -0.2) is 28.0 Å². The predicted molar refractivity (Wildman–Crippen MR) is 82.6 cm³/mol. The summed E-state index contributed by atoms with van der Waals surface area (Å²) in [4.78, 5) is 23.5. The van der Waals surface area contributed by atoms with Gasteiger partial charge in [0.1, 0.15) is 11.6 Å². The van der Waals surface area contributed by atoms with E-state index < -0.39 is 0 Å². The minimum atomic E-state index is -0.251. The number of halogens is 1. The van der Waals surface area contributed by atoms with E-state index in [4.69, 9.17) is 0 Å². The normalized spacial score (nSPS) is 20.5. The number of nitrogens with zero attached hydrogens (tertiary/aromatic N) is 2. The number of imidazole rings is 1. The predicted octanol–water partition coefficient (Wildman–Crippen LogP) is 3.07. The Bertz CT molecular complexity index is 662. The van der Waals surface area contributed by atoms with Crippen molar-refractivity contribution in [1.82, 2.24) is 9.97 Å². The number of aliphatic imine (C=N–C) groups is 1. The minimum Gasteiger partial charge on any atom is -0.348 e. The van der Waals surface area contributed by atoms with Crippen LogP contribution in [0.3, 0.4) is 0 Å². The van der Waals surface area contributed by atoms with E-state index in [-0.39, 0.29) is 17.5 Å². The summed E-state index contributed by atoms with van der Waals surface area (Å²) >= 11 is 0. The summed E-state index contributed by atoms with van der Waals surface area (Å²) in [6, 6.07) is 6.43. The molecular weight excluding hydrogens is 281 g/mol. The Morgan fingerprint density at radius 2 is 2.09 bits per heavy atom. The van der Waals surface area contributed by atoms with Crippen LogP contribution in [0.5, 0.6) is 0 Å². The highest BCUT2D eigenvalue weighted by atomic mass is 19.1. The van der Waals surface area contributed by atoms with Crippen molar-refractivity contribution in [2.24, 2.45) is 4.99 Å². The smallest absolute Gasteiger partial charge is 0.139 e. The minimum absolute atomic E-state index is 0.118. The van der Waals surface area contributed by atoms with Crippen LogP contribution in [-0.2, 0) is 11.2 Å². The van der Waals surface area contributed by atoms with Gasteiger partial charge in [-0.2, -0.15) is 0 Å². The first kappa shape index (κ1) is 14.6. The molecule has 1 aliphatic carbocycles. The van der Waals surface area contributed by atoms with E-state index in [9.17, 15) is 9.18 Å². The maximum Gasteiger partial charge on any atom is 0.139 e. The molecule has 0 unspecified atom stereocenters. The van der Waals surface area contributed by atoms with Gasteiger partial charge in [-0.25, -0.2) is 9.37 Å². The van der Waals surface area contributed by atoms with Gasteiger partial charge >= 0.3 is 0 Å². The number of carbonyl (C=O) groups is 1. The topological polar surface area (TPSA) is 58.1 Å². The Hall–Kier alpha value is -2.30. The summed E-state index contributed by atoms with van der Waals surface area (Å²) in [6.07, 6.45) is 5.97. The first-order valence-corrected chi connectivity index (χ1v) is 7.47. The lowest BCUT2D eigenvalue weighted by atomic mass is 9.82. The highest BCUT2D eigenvalue weighted by molar-refractivity contribution is 6.05. The van der Waals surface area contributed by atoms with Gasteiger partial charge < -0.3 is 4.98 Å². The first-order chi connectivity index (χ1) is 10.7. The van der Waals surface area contributed by atoms with Crippen molar-refractivity contribution in [3.8, 4) is 0 Å². The Kier molecular flexibility index (Phi) is 4.42. The molecule has 0 bridgehead atoms. The molecule has 22 heavy (non-hydrogen) atoms. The van der Waals surface area contributed by atoms with Crippen LogP contribution >= 0.6 is 0 Å². The zero-order chi connectivity index (χ0) is 15.4. The number of H-pyrrole nitrogens is 1. The molecule has 0 radical (unpaired) electrons. The molecule has 1 aromatic carbocycles. The number of rotatable bonds is 4. The molecule has 1 heterocycles. The summed E-state index contributed by atoms with van der Waals surface area (Å²) in [5.74, 6) is 0.0768. The number of nitrogens with one attached hydrogen (secondary N) is 1. The van der Waals surface area contributed by atoms with Gasteiger partial charge in [0.25, 0.3) is 0 Å². The molecule has 1 fully saturated rings. The summed E-state index contributed by atoms with van der Waals surface area (Å²) in [6.45, 7) is 0.654. The second-order valence-electron chi connectivity index (χ2n) is 5.65. The molecule has 0 amide bonds. The van der Waals surface area contributed by atoms with E-state index in [1.54, 1.807) is 24.7 Å². The van der Waals surface area contributed by atoms with Crippen molar-refractivity contribution in [1.29, 1.82) is 0 Å². The maximum atomic E-state index is 13.0. The zero-order valence-electron chi connectivity index (χ0n) is 12.3. The molecule has 0 aliphatic heterocycles. The number of benzene rings is 1. The first-order valence-electron chi connectivity index (χ1n) is 7.47. The number of carbonyl (C=O) groups excluding carboxylic acids is 1. The van der Waals surface area contributed by atoms with Crippen molar-refractivity contribution in [2.45, 2.75) is 31.6 Å². The highest BCUT2D eigenvalue weighted by Gasteiger charge is 2.25. The van der Waals surface area contributed by atoms with Gasteiger partial charge in [-0.1, -0.05) is 12.1 Å². The summed E-state index contributed by atoms with van der Waals surface area (Å²) in [7, 11) is 0. The second-order valence-corrected chi connectivity index (χ2v) is 5.65. The van der Waals surface area contributed by atoms with E-state index >= 15 is 0 Å². The SMILES string of the molecule is O=C1CC(=NCCc2cnc[nH]2)C[C@@H](c2ccc(F)cc2)C1. The van der Waals surface area contributed by atoms with E-state index in [1.807, 2.05) is 0 Å². The van der Waals surface area contributed by atoms with Crippen molar-refractivity contribution >= 4 is 11.5 Å². The van der Waals surface area contributed by atoms with Crippen LogP contribution < -0.4 is 0 Å². The lowest BCUT2D eigenvalue weighted by molar-refractivity contribution is -0.118. The molecule has 114 valence electrons. The molecule has 0 spiro atoms. The maximum absolute atomic E-state index is 13.0. The largest absolute Gasteiger partial charge is 0.348 e. The summed E-state index contributed by atoms with van der Waals surface area (Å²) < 4.78 is 13.0. The molecule has 1 saturated carbocycles. The van der Waals surface area contributed by atoms with Gasteiger partial charge in [0.15, 0.2) is 0 Å². The number of aromatic nitrogens is 2. The molecule has 4 nitrogen and oxygen atoms in total. The molecule has 1 aromatic heterocycles. The Labute approximate surface area is 128 Å². The van der Waals surface area contributed by atoms with Crippen LogP contribution in [0.4, 0.5) is 4.39 Å². The van der Waals surface area contributed by atoms with Gasteiger partial charge in [0.05, 0.1) is 6.33 Å². The average molecular weight is 299 g/mol. The Morgan fingerprint density at radius 1 is 1.27 bits per heavy atom. The van der Waals surface area contributed by atoms with Crippen molar-refractivity contribution in [3.63, 3.8) is 0 Å². The van der Waals surface area contributed by atoms with Crippen molar-refractivity contribution in [2.75, 3.05) is 6.54 Å². The van der Waals surface area contributed by atoms with Gasteiger partial charge in [-0.15, -0.1) is 0 Å². The number of aromatic amines is 1. The lowest BCUT2D eigenvalue weighted by Gasteiger charge is -2.23. The number of ketones is 1. The molecule has 1 atom stereocenters. The van der Waals surface area contributed by atoms with Gasteiger partial charge in [0, 0.05) is 43.4 Å². The number of hydrogen-bond acceptors (Lipinski definition) is 3. The molecule has 1 aliphatic rings. The quantitative estimate of drug-likeness (QED) is 0.943. The third-order valence-corrected chi connectivity index (χ3v) is 3.97. The molecule has 1 N–H and O–H groups in total. The monoisotopic (exact) mass is 299 g/mol. The summed E-state index contributed by atoms with van der Waals surface area (Å²) in [5, 5.41) is 0. The fraction of sp³-hybridized carbons (Fsp3) is 0.353. The third-order valence-electron chi connectivity index (χ3n) is 3.97. The van der Waals surface area contributed by atoms with Crippen LogP contribution in [0.1, 0.15) is 36.4 Å². The molecule has 2 aromatic rings. The molecule has 0 saturated heterocycles. The number of Topliss-reactive ketones (excluding diaryl/α,β-unsaturated/α-hetero) is 1. The van der Waals surface area contributed by atoms with E-state index in [1.165, 1.54) is 12.1 Å². The van der Waals surface area contributed by atoms with Crippen LogP contribution in [0, 0.1) is 5.82 Å². The van der Waals surface area contributed by atoms with Crippen LogP contribution in [0.2, 0.25) is 0 Å². The fourth-order valence-electron chi connectivity index (χ4n) is 2.85. The third kappa shape index (κ3) is 3.67. The van der Waals surface area contributed by atoms with Gasteiger partial charge in [-0.3, -0.25) is 9.79 Å². The molecule has 3 rings (SSSR count). The Balaban J connectivity index is 1.65. The molecular formula is C17H18FN3O. The van der Waals surface area contributed by atoms with Gasteiger partial charge in [-0.05, 0) is 30.0 Å². The lowest BCUT2D eigenvalue weighted by Crippen LogP contribution is -2.22. The Morgan fingerprint density at radius 3 is 2.82 bits per heavy atom. The second kappa shape index (κ2) is 6.64. The van der Waals surface area contributed by atoms with Crippen LogP contribution in [0.15, 0.2) is 41.8 Å². The standard InChI is InChI=1S/C17H18FN3O/c18-14-3-1-12(2-4-14)13-7-16(9-17(22)8-13)20-6-5-15-10-19-11-21-15/h1-4,10-11,13H,5-9H2,(H,19,21)/t13-/m1/s1. The van der Waals surface area contributed by atoms with E-state index in [0.29, 0.717) is 19.4 Å². The van der Waals surface area contributed by atoms with Crippen LogP contribution in [0.25, 0.3) is 0 Å². The van der Waals surface area contributed by atoms with Crippen molar-refractivity contribution < 1.29 is 9.18 Å². The zero-order valence-corrected chi connectivity index (χ0v) is 12.3. The average Bonchev–Trinajstić information content (AvgIpc) is 3.01. The van der Waals surface area contributed by atoms with E-state index in [2.05, 4.69) is 15.0 Å². The van der Waals surface area contributed by atoms with Gasteiger partial charge in [0.2, 0.25) is 0 Å². The van der Waals surface area contributed by atoms with E-state index in [0.717, 1.165) is 29.8 Å². The summed E-state index contributed by atoms with van der Waals surface area (Å²) in [5.41, 5.74) is 3.00. The fourth-order valence-corrected chi connectivity index (χ4v) is 2.85. The number of hydrogen-bond donors (Lipinski definition) is 1. The molecule has 5 heteroatoms.